The van der Waals surface area contributed by atoms with Crippen molar-refractivity contribution < 1.29 is 40.3 Å². The first-order valence-electron chi connectivity index (χ1n) is 14.1. The highest BCUT2D eigenvalue weighted by Gasteiger charge is 2.64. The first kappa shape index (κ1) is 28.8. The number of amides is 3. The van der Waals surface area contributed by atoms with Gasteiger partial charge in [0.2, 0.25) is 0 Å². The van der Waals surface area contributed by atoms with E-state index in [4.69, 9.17) is 0 Å². The molecule has 42 heavy (non-hydrogen) atoms. The van der Waals surface area contributed by atoms with Crippen molar-refractivity contribution in [1.82, 2.24) is 24.5 Å². The van der Waals surface area contributed by atoms with E-state index in [1.54, 1.807) is 4.68 Å². The maximum absolute atomic E-state index is 13.8. The molecule has 3 saturated heterocycles. The predicted molar refractivity (Wildman–Crippen MR) is 135 cm³/mol. The van der Waals surface area contributed by atoms with Crippen molar-refractivity contribution >= 4 is 11.9 Å². The molecular weight excluding hydrogens is 571 g/mol. The summed E-state index contributed by atoms with van der Waals surface area (Å²) in [5.74, 6) is -8.85. The number of alkyl halides is 7. The molecule has 1 aliphatic carbocycles. The lowest BCUT2D eigenvalue weighted by atomic mass is 9.97. The Morgan fingerprint density at radius 3 is 2.12 bits per heavy atom. The number of benzene rings is 1. The highest BCUT2D eigenvalue weighted by molar-refractivity contribution is 5.96. The van der Waals surface area contributed by atoms with Gasteiger partial charge in [-0.05, 0) is 50.2 Å². The molecule has 3 aliphatic heterocycles. The van der Waals surface area contributed by atoms with Crippen molar-refractivity contribution in [1.29, 1.82) is 0 Å². The molecule has 6 rings (SSSR count). The van der Waals surface area contributed by atoms with Gasteiger partial charge < -0.3 is 14.7 Å². The van der Waals surface area contributed by atoms with Crippen LogP contribution in [0.4, 0.5) is 35.5 Å². The Balaban J connectivity index is 1.18. The van der Waals surface area contributed by atoms with Gasteiger partial charge in [-0.3, -0.25) is 9.48 Å². The Kier molecular flexibility index (Phi) is 6.95. The van der Waals surface area contributed by atoms with Crippen LogP contribution in [-0.4, -0.2) is 81.0 Å². The number of halogens is 7. The van der Waals surface area contributed by atoms with E-state index in [9.17, 15) is 40.3 Å². The highest BCUT2D eigenvalue weighted by Crippen LogP contribution is 2.46. The van der Waals surface area contributed by atoms with Gasteiger partial charge in [0.15, 0.2) is 0 Å². The van der Waals surface area contributed by atoms with Gasteiger partial charge in [0.05, 0.1) is 48.2 Å². The Hall–Kier alpha value is -3.32. The van der Waals surface area contributed by atoms with Gasteiger partial charge in [-0.2, -0.15) is 35.8 Å². The summed E-state index contributed by atoms with van der Waals surface area (Å²) < 4.78 is 97.6. The van der Waals surface area contributed by atoms with E-state index in [1.165, 1.54) is 34.2 Å². The maximum atomic E-state index is 13.8. The van der Waals surface area contributed by atoms with Crippen LogP contribution in [0, 0.1) is 0 Å². The quantitative estimate of drug-likeness (QED) is 0.398. The Morgan fingerprint density at radius 1 is 0.857 bits per heavy atom. The molecule has 0 radical (unpaired) electrons. The fraction of sp³-hybridized carbons (Fsp3) is 0.607. The fourth-order valence-electron chi connectivity index (χ4n) is 6.53. The molecule has 3 amide bonds. The normalized spacial score (nSPS) is 24.5. The monoisotopic (exact) mass is 601 g/mol. The van der Waals surface area contributed by atoms with Crippen LogP contribution in [0.2, 0.25) is 0 Å². The van der Waals surface area contributed by atoms with Gasteiger partial charge in [-0.25, -0.2) is 4.79 Å². The Bertz CT molecular complexity index is 1350. The minimum absolute atomic E-state index is 0.0711. The third kappa shape index (κ3) is 5.00. The molecule has 1 unspecified atom stereocenters. The minimum atomic E-state index is -4.55. The lowest BCUT2D eigenvalue weighted by Gasteiger charge is -2.35. The average molecular weight is 602 g/mol. The molecular formula is C28H30F7N5O2. The largest absolute Gasteiger partial charge is 0.416 e. The predicted octanol–water partition coefficient (Wildman–Crippen LogP) is 6.10. The third-order valence-corrected chi connectivity index (χ3v) is 8.83. The second kappa shape index (κ2) is 10.1. The molecule has 1 saturated carbocycles. The van der Waals surface area contributed by atoms with E-state index < -0.39 is 48.7 Å². The molecule has 4 fully saturated rings. The first-order chi connectivity index (χ1) is 19.8. The summed E-state index contributed by atoms with van der Waals surface area (Å²) in [6.07, 6.45) is 0.323. The van der Waals surface area contributed by atoms with Gasteiger partial charge in [-0.1, -0.05) is 18.2 Å². The number of hydrogen-bond acceptors (Lipinski definition) is 3. The van der Waals surface area contributed by atoms with E-state index >= 15 is 0 Å². The van der Waals surface area contributed by atoms with Crippen molar-refractivity contribution in [3.63, 3.8) is 0 Å². The van der Waals surface area contributed by atoms with Crippen molar-refractivity contribution in [3.05, 3.63) is 52.8 Å². The van der Waals surface area contributed by atoms with Gasteiger partial charge in [0.25, 0.3) is 5.91 Å². The number of rotatable bonds is 4. The van der Waals surface area contributed by atoms with Crippen LogP contribution in [0.3, 0.4) is 0 Å². The van der Waals surface area contributed by atoms with Gasteiger partial charge in [0.1, 0.15) is 0 Å². The van der Waals surface area contributed by atoms with E-state index in [0.717, 1.165) is 24.6 Å². The SMILES string of the molecule is O=C(N1CCC(n2ncc(C(=O)N3CCCC3c3ccccc3C(F)(F)F)c2C2CC2)CC1)N1CC(F)(F)C(F)(F)C1. The summed E-state index contributed by atoms with van der Waals surface area (Å²) in [4.78, 5) is 29.8. The molecule has 14 heteroatoms. The Labute approximate surface area is 237 Å². The number of aromatic nitrogens is 2. The zero-order valence-electron chi connectivity index (χ0n) is 22.6. The van der Waals surface area contributed by atoms with Gasteiger partial charge >= 0.3 is 24.1 Å². The minimum Gasteiger partial charge on any atom is -0.331 e. The summed E-state index contributed by atoms with van der Waals surface area (Å²) >= 11 is 0. The fourth-order valence-corrected chi connectivity index (χ4v) is 6.53. The first-order valence-corrected chi connectivity index (χ1v) is 14.1. The van der Waals surface area contributed by atoms with Crippen LogP contribution in [0.1, 0.15) is 83.7 Å². The van der Waals surface area contributed by atoms with E-state index in [2.05, 4.69) is 5.10 Å². The number of piperidine rings is 1. The third-order valence-electron chi connectivity index (χ3n) is 8.83. The van der Waals surface area contributed by atoms with Gasteiger partial charge in [0, 0.05) is 25.6 Å². The second-order valence-corrected chi connectivity index (χ2v) is 11.7. The van der Waals surface area contributed by atoms with E-state index in [1.807, 2.05) is 0 Å². The molecule has 2 aromatic rings. The zero-order valence-corrected chi connectivity index (χ0v) is 22.6. The number of urea groups is 1. The van der Waals surface area contributed by atoms with Gasteiger partial charge in [-0.15, -0.1) is 0 Å². The summed E-state index contributed by atoms with van der Waals surface area (Å²) in [6, 6.07) is 3.53. The zero-order chi connectivity index (χ0) is 30.0. The standard InChI is InChI=1S/C28H30F7N5O2/c29-26(30)15-38(16-27(26,31)32)25(42)37-12-9-18(10-13-37)40-23(17-7-8-17)20(14-36-40)24(41)39-11-3-6-22(39)19-4-1-2-5-21(19)28(33,34)35/h1-2,4-5,14,17-18,22H,3,6-13,15-16H2. The van der Waals surface area contributed by atoms with Crippen molar-refractivity contribution in [2.45, 2.75) is 74.5 Å². The molecule has 4 aliphatic rings. The van der Waals surface area contributed by atoms with Crippen LogP contribution in [0.5, 0.6) is 0 Å². The van der Waals surface area contributed by atoms with Crippen LogP contribution in [-0.2, 0) is 6.18 Å². The van der Waals surface area contributed by atoms with Crippen molar-refractivity contribution in [2.75, 3.05) is 32.7 Å². The topological polar surface area (TPSA) is 61.7 Å². The van der Waals surface area contributed by atoms with Crippen molar-refractivity contribution in [2.24, 2.45) is 0 Å². The average Bonchev–Trinajstić information content (AvgIpc) is 3.40. The highest BCUT2D eigenvalue weighted by atomic mass is 19.4. The van der Waals surface area contributed by atoms with Crippen LogP contribution in [0.15, 0.2) is 30.5 Å². The molecule has 228 valence electrons. The van der Waals surface area contributed by atoms with Crippen molar-refractivity contribution in [3.8, 4) is 0 Å². The molecule has 1 atom stereocenters. The smallest absolute Gasteiger partial charge is 0.331 e. The molecule has 4 heterocycles. The van der Waals surface area contributed by atoms with E-state index in [-0.39, 0.29) is 36.5 Å². The molecule has 0 bridgehead atoms. The number of likely N-dealkylation sites (tertiary alicyclic amines) is 3. The number of hydrogen-bond donors (Lipinski definition) is 0. The molecule has 1 aromatic heterocycles. The summed E-state index contributed by atoms with van der Waals surface area (Å²) in [6.45, 7) is -2.06. The maximum Gasteiger partial charge on any atom is 0.416 e. The summed E-state index contributed by atoms with van der Waals surface area (Å²) in [7, 11) is 0. The molecule has 1 aromatic carbocycles. The summed E-state index contributed by atoms with van der Waals surface area (Å²) in [5, 5.41) is 4.51. The van der Waals surface area contributed by atoms with Crippen LogP contribution >= 0.6 is 0 Å². The molecule has 0 spiro atoms. The second-order valence-electron chi connectivity index (χ2n) is 11.7. The lowest BCUT2D eigenvalue weighted by molar-refractivity contribution is -0.172. The lowest BCUT2D eigenvalue weighted by Crippen LogP contribution is -2.47. The summed E-state index contributed by atoms with van der Waals surface area (Å²) in [5.41, 5.74) is 0.393. The Morgan fingerprint density at radius 2 is 1.50 bits per heavy atom. The van der Waals surface area contributed by atoms with Crippen LogP contribution in [0.25, 0.3) is 0 Å². The van der Waals surface area contributed by atoms with Crippen LogP contribution < -0.4 is 0 Å². The molecule has 0 N–H and O–H groups in total. The number of carbonyl (C=O) groups excluding carboxylic acids is 2. The number of nitrogens with zero attached hydrogens (tertiary/aromatic N) is 5. The number of carbonyl (C=O) groups is 2. The van der Waals surface area contributed by atoms with E-state index in [0.29, 0.717) is 42.7 Å². The molecule has 7 nitrogen and oxygen atoms in total.